The molecule has 0 aliphatic carbocycles. The van der Waals surface area contributed by atoms with Gasteiger partial charge in [-0.15, -0.1) is 11.3 Å². The molecule has 0 atom stereocenters. The molecule has 0 bridgehead atoms. The van der Waals surface area contributed by atoms with Crippen molar-refractivity contribution in [3.63, 3.8) is 0 Å². The quantitative estimate of drug-likeness (QED) is 0.651. The predicted octanol–water partition coefficient (Wildman–Crippen LogP) is 3.85. The number of amides is 1. The summed E-state index contributed by atoms with van der Waals surface area (Å²) in [7, 11) is 0. The lowest BCUT2D eigenvalue weighted by atomic mass is 10.2. The number of ether oxygens (including phenoxy) is 2. The number of nitrogen functional groups attached to an aromatic ring is 1. The molecule has 0 spiro atoms. The number of rotatable bonds is 7. The third-order valence-electron chi connectivity index (χ3n) is 3.11. The van der Waals surface area contributed by atoms with Gasteiger partial charge in [0.15, 0.2) is 0 Å². The first-order valence-electron chi connectivity index (χ1n) is 8.09. The second-order valence-corrected chi connectivity index (χ2v) is 7.46. The van der Waals surface area contributed by atoms with Crippen LogP contribution in [0.1, 0.15) is 25.6 Å². The fourth-order valence-corrected chi connectivity index (χ4v) is 2.75. The Morgan fingerprint density at radius 2 is 2.08 bits per heavy atom. The van der Waals surface area contributed by atoms with Crippen molar-refractivity contribution in [2.24, 2.45) is 0 Å². The zero-order chi connectivity index (χ0) is 18.3. The van der Waals surface area contributed by atoms with E-state index in [-0.39, 0.29) is 0 Å². The van der Waals surface area contributed by atoms with Crippen LogP contribution in [0.15, 0.2) is 35.7 Å². The van der Waals surface area contributed by atoms with Crippen molar-refractivity contribution in [2.45, 2.75) is 32.9 Å². The summed E-state index contributed by atoms with van der Waals surface area (Å²) >= 11 is 1.63. The second-order valence-electron chi connectivity index (χ2n) is 6.46. The molecule has 6 nitrogen and oxygen atoms in total. The Bertz CT molecular complexity index is 695. The van der Waals surface area contributed by atoms with Crippen LogP contribution in [-0.2, 0) is 11.3 Å². The van der Waals surface area contributed by atoms with Gasteiger partial charge in [0.1, 0.15) is 18.0 Å². The average molecular weight is 363 g/mol. The predicted molar refractivity (Wildman–Crippen MR) is 102 cm³/mol. The van der Waals surface area contributed by atoms with Gasteiger partial charge in [0.2, 0.25) is 0 Å². The van der Waals surface area contributed by atoms with Crippen LogP contribution in [0.3, 0.4) is 0 Å². The van der Waals surface area contributed by atoms with Gasteiger partial charge in [-0.2, -0.15) is 0 Å². The number of carbonyl (C=O) groups excluding carboxylic acids is 1. The number of hydrogen-bond acceptors (Lipinski definition) is 6. The number of carbonyl (C=O) groups is 1. The highest BCUT2D eigenvalue weighted by Gasteiger charge is 2.15. The van der Waals surface area contributed by atoms with Crippen LogP contribution in [0.25, 0.3) is 0 Å². The third-order valence-corrected chi connectivity index (χ3v) is 4.04. The van der Waals surface area contributed by atoms with Crippen LogP contribution in [0.4, 0.5) is 16.2 Å². The van der Waals surface area contributed by atoms with Gasteiger partial charge < -0.3 is 25.8 Å². The first-order valence-corrected chi connectivity index (χ1v) is 8.97. The fourth-order valence-electron chi connectivity index (χ4n) is 2.01. The van der Waals surface area contributed by atoms with E-state index in [0.717, 1.165) is 22.0 Å². The SMILES string of the molecule is CC(C)(C)OC(=O)NCCOc1cccc(NCc2sccc2N)c1. The maximum absolute atomic E-state index is 11.5. The Balaban J connectivity index is 1.74. The van der Waals surface area contributed by atoms with Crippen LogP contribution in [0.5, 0.6) is 5.75 Å². The zero-order valence-electron chi connectivity index (χ0n) is 14.8. The molecule has 1 amide bonds. The molecule has 1 aromatic carbocycles. The van der Waals surface area contributed by atoms with E-state index in [4.69, 9.17) is 15.2 Å². The summed E-state index contributed by atoms with van der Waals surface area (Å²) in [5, 5.41) is 7.96. The Kier molecular flexibility index (Phi) is 6.52. The van der Waals surface area contributed by atoms with E-state index in [1.807, 2.05) is 56.5 Å². The van der Waals surface area contributed by atoms with Crippen LogP contribution in [0.2, 0.25) is 0 Å². The molecule has 2 rings (SSSR count). The molecule has 0 saturated carbocycles. The first-order chi connectivity index (χ1) is 11.8. The Morgan fingerprint density at radius 3 is 2.76 bits per heavy atom. The minimum Gasteiger partial charge on any atom is -0.492 e. The normalized spacial score (nSPS) is 11.0. The number of benzene rings is 1. The number of thiophene rings is 1. The lowest BCUT2D eigenvalue weighted by Crippen LogP contribution is -2.34. The van der Waals surface area contributed by atoms with Crippen molar-refractivity contribution in [1.82, 2.24) is 5.32 Å². The van der Waals surface area contributed by atoms with Crippen LogP contribution in [-0.4, -0.2) is 24.8 Å². The molecule has 0 radical (unpaired) electrons. The molecule has 136 valence electrons. The zero-order valence-corrected chi connectivity index (χ0v) is 15.6. The number of nitrogens with one attached hydrogen (secondary N) is 2. The van der Waals surface area contributed by atoms with E-state index in [9.17, 15) is 4.79 Å². The minimum absolute atomic E-state index is 0.362. The summed E-state index contributed by atoms with van der Waals surface area (Å²) in [6.45, 7) is 6.88. The van der Waals surface area contributed by atoms with Crippen LogP contribution in [0, 0.1) is 0 Å². The van der Waals surface area contributed by atoms with Crippen molar-refractivity contribution in [3.05, 3.63) is 40.6 Å². The Hall–Kier alpha value is -2.41. The molecule has 1 heterocycles. The molecule has 0 aliphatic heterocycles. The van der Waals surface area contributed by atoms with E-state index in [0.29, 0.717) is 19.7 Å². The van der Waals surface area contributed by atoms with Gasteiger partial charge in [-0.25, -0.2) is 4.79 Å². The largest absolute Gasteiger partial charge is 0.492 e. The van der Waals surface area contributed by atoms with Gasteiger partial charge in [0, 0.05) is 22.3 Å². The lowest BCUT2D eigenvalue weighted by Gasteiger charge is -2.19. The fraction of sp³-hybridized carbons (Fsp3) is 0.389. The number of anilines is 2. The van der Waals surface area contributed by atoms with Crippen LogP contribution < -0.4 is 21.1 Å². The van der Waals surface area contributed by atoms with E-state index in [2.05, 4.69) is 10.6 Å². The third kappa shape index (κ3) is 6.93. The maximum atomic E-state index is 11.5. The number of hydrogen-bond donors (Lipinski definition) is 3. The Labute approximate surface area is 152 Å². The van der Waals surface area contributed by atoms with Gasteiger partial charge in [-0.1, -0.05) is 6.07 Å². The van der Waals surface area contributed by atoms with E-state index in [1.165, 1.54) is 0 Å². The number of alkyl carbamates (subject to hydrolysis) is 1. The first kappa shape index (κ1) is 18.9. The maximum Gasteiger partial charge on any atom is 0.407 e. The van der Waals surface area contributed by atoms with Crippen molar-refractivity contribution in [2.75, 3.05) is 24.2 Å². The monoisotopic (exact) mass is 363 g/mol. The van der Waals surface area contributed by atoms with Gasteiger partial charge in [-0.05, 0) is 44.4 Å². The summed E-state index contributed by atoms with van der Waals surface area (Å²) in [6.07, 6.45) is -0.444. The van der Waals surface area contributed by atoms with Crippen molar-refractivity contribution in [3.8, 4) is 5.75 Å². The highest BCUT2D eigenvalue weighted by atomic mass is 32.1. The molecular formula is C18H25N3O3S. The minimum atomic E-state index is -0.503. The van der Waals surface area contributed by atoms with Gasteiger partial charge >= 0.3 is 6.09 Å². The molecular weight excluding hydrogens is 338 g/mol. The van der Waals surface area contributed by atoms with Gasteiger partial charge in [-0.3, -0.25) is 0 Å². The Morgan fingerprint density at radius 1 is 1.28 bits per heavy atom. The molecule has 0 unspecified atom stereocenters. The van der Waals surface area contributed by atoms with E-state index < -0.39 is 11.7 Å². The summed E-state index contributed by atoms with van der Waals surface area (Å²) in [4.78, 5) is 12.6. The highest BCUT2D eigenvalue weighted by molar-refractivity contribution is 7.10. The molecule has 4 N–H and O–H groups in total. The summed E-state index contributed by atoms with van der Waals surface area (Å²) in [6, 6.07) is 9.57. The summed E-state index contributed by atoms with van der Waals surface area (Å²) < 4.78 is 10.8. The van der Waals surface area contributed by atoms with Crippen molar-refractivity contribution >= 4 is 28.8 Å². The molecule has 25 heavy (non-hydrogen) atoms. The second kappa shape index (κ2) is 8.62. The molecule has 0 fully saturated rings. The molecule has 2 aromatic rings. The summed E-state index contributed by atoms with van der Waals surface area (Å²) in [5.41, 5.74) is 7.13. The lowest BCUT2D eigenvalue weighted by molar-refractivity contribution is 0.0520. The topological polar surface area (TPSA) is 85.6 Å². The molecule has 1 aromatic heterocycles. The van der Waals surface area contributed by atoms with E-state index >= 15 is 0 Å². The average Bonchev–Trinajstić information content (AvgIpc) is 2.93. The molecule has 7 heteroatoms. The highest BCUT2D eigenvalue weighted by Crippen LogP contribution is 2.22. The standard InChI is InChI=1S/C18H25N3O3S/c1-18(2,3)24-17(22)20-8-9-23-14-6-4-5-13(11-14)21-12-16-15(19)7-10-25-16/h4-7,10-11,21H,8-9,12,19H2,1-3H3,(H,20,22). The molecule has 0 aliphatic rings. The van der Waals surface area contributed by atoms with Gasteiger partial charge in [0.05, 0.1) is 13.1 Å². The van der Waals surface area contributed by atoms with E-state index in [1.54, 1.807) is 11.3 Å². The number of nitrogens with two attached hydrogens (primary N) is 1. The van der Waals surface area contributed by atoms with Crippen molar-refractivity contribution in [1.29, 1.82) is 0 Å². The molecule has 0 saturated heterocycles. The smallest absolute Gasteiger partial charge is 0.407 e. The van der Waals surface area contributed by atoms with Gasteiger partial charge in [0.25, 0.3) is 0 Å². The van der Waals surface area contributed by atoms with Crippen molar-refractivity contribution < 1.29 is 14.3 Å². The summed E-state index contributed by atoms with van der Waals surface area (Å²) in [5.74, 6) is 0.732. The van der Waals surface area contributed by atoms with Crippen LogP contribution >= 0.6 is 11.3 Å².